The second-order valence-corrected chi connectivity index (χ2v) is 7.19. The van der Waals surface area contributed by atoms with Gasteiger partial charge < -0.3 is 14.8 Å². The van der Waals surface area contributed by atoms with Crippen molar-refractivity contribution < 1.29 is 14.3 Å². The molecule has 0 saturated heterocycles. The van der Waals surface area contributed by atoms with E-state index in [0.717, 1.165) is 11.4 Å². The highest BCUT2D eigenvalue weighted by atomic mass is 16.5. The first-order chi connectivity index (χ1) is 15.6. The smallest absolute Gasteiger partial charge is 0.255 e. The Morgan fingerprint density at radius 1 is 1.00 bits per heavy atom. The first-order valence-corrected chi connectivity index (χ1v) is 10.2. The summed E-state index contributed by atoms with van der Waals surface area (Å²) in [6.45, 7) is 1.90. The molecule has 1 unspecified atom stereocenters. The van der Waals surface area contributed by atoms with Crippen LogP contribution in [-0.4, -0.2) is 34.9 Å². The first-order valence-electron chi connectivity index (χ1n) is 10.2. The second kappa shape index (κ2) is 9.34. The number of carbonyl (C=O) groups is 1. The number of ether oxygens (including phenoxy) is 2. The zero-order chi connectivity index (χ0) is 22.5. The van der Waals surface area contributed by atoms with Crippen LogP contribution in [-0.2, 0) is 0 Å². The lowest BCUT2D eigenvalue weighted by molar-refractivity contribution is 0.0939. The van der Waals surface area contributed by atoms with Crippen molar-refractivity contribution >= 4 is 5.91 Å². The Balaban J connectivity index is 1.77. The van der Waals surface area contributed by atoms with Crippen LogP contribution in [0.2, 0.25) is 0 Å². The molecule has 0 spiro atoms. The number of benzene rings is 2. The Morgan fingerprint density at radius 3 is 2.47 bits per heavy atom. The standard InChI is InChI=1S/C25H24N4O3/c1-17(22-11-7-8-14-26-22)27-25(30)21-16-29(18-9-5-4-6-10-18)28-24(21)20-13-12-19(31-2)15-23(20)32-3/h4-17H,1-3H3,(H,27,30). The van der Waals surface area contributed by atoms with Crippen LogP contribution in [0.4, 0.5) is 0 Å². The Hall–Kier alpha value is -4.13. The van der Waals surface area contributed by atoms with Gasteiger partial charge in [0, 0.05) is 24.0 Å². The minimum Gasteiger partial charge on any atom is -0.497 e. The van der Waals surface area contributed by atoms with Crippen LogP contribution < -0.4 is 14.8 Å². The van der Waals surface area contributed by atoms with Gasteiger partial charge in [0.05, 0.1) is 37.2 Å². The Bertz CT molecular complexity index is 1210. The van der Waals surface area contributed by atoms with Gasteiger partial charge in [0.2, 0.25) is 0 Å². The van der Waals surface area contributed by atoms with Gasteiger partial charge in [-0.3, -0.25) is 9.78 Å². The van der Waals surface area contributed by atoms with Crippen molar-refractivity contribution in [2.45, 2.75) is 13.0 Å². The van der Waals surface area contributed by atoms with Crippen molar-refractivity contribution in [1.82, 2.24) is 20.1 Å². The monoisotopic (exact) mass is 428 g/mol. The summed E-state index contributed by atoms with van der Waals surface area (Å²) in [4.78, 5) is 17.7. The molecule has 0 fully saturated rings. The minimum atomic E-state index is -0.269. The summed E-state index contributed by atoms with van der Waals surface area (Å²) < 4.78 is 12.6. The topological polar surface area (TPSA) is 78.3 Å². The lowest BCUT2D eigenvalue weighted by atomic mass is 10.1. The summed E-state index contributed by atoms with van der Waals surface area (Å²) in [5, 5.41) is 7.76. The van der Waals surface area contributed by atoms with E-state index in [1.807, 2.05) is 67.6 Å². The van der Waals surface area contributed by atoms with Gasteiger partial charge in [-0.2, -0.15) is 5.10 Å². The third kappa shape index (κ3) is 4.32. The molecule has 1 amide bonds. The molecule has 162 valence electrons. The molecule has 4 rings (SSSR count). The second-order valence-electron chi connectivity index (χ2n) is 7.19. The van der Waals surface area contributed by atoms with Crippen LogP contribution in [0.25, 0.3) is 16.9 Å². The third-order valence-electron chi connectivity index (χ3n) is 5.12. The number of amides is 1. The van der Waals surface area contributed by atoms with E-state index in [0.29, 0.717) is 28.3 Å². The molecular weight excluding hydrogens is 404 g/mol. The molecule has 0 aliphatic carbocycles. The Morgan fingerprint density at radius 2 is 1.78 bits per heavy atom. The highest BCUT2D eigenvalue weighted by Gasteiger charge is 2.23. The van der Waals surface area contributed by atoms with Crippen LogP contribution in [0.5, 0.6) is 11.5 Å². The molecule has 0 saturated carbocycles. The number of pyridine rings is 1. The van der Waals surface area contributed by atoms with E-state index in [9.17, 15) is 4.79 Å². The van der Waals surface area contributed by atoms with Crippen molar-refractivity contribution in [1.29, 1.82) is 0 Å². The normalized spacial score (nSPS) is 11.6. The lowest BCUT2D eigenvalue weighted by Crippen LogP contribution is -2.27. The average molecular weight is 428 g/mol. The van der Waals surface area contributed by atoms with Crippen molar-refractivity contribution in [2.24, 2.45) is 0 Å². The zero-order valence-corrected chi connectivity index (χ0v) is 18.1. The Labute approximate surface area is 186 Å². The van der Waals surface area contributed by atoms with Gasteiger partial charge in [-0.05, 0) is 43.3 Å². The molecule has 32 heavy (non-hydrogen) atoms. The molecule has 7 heteroatoms. The number of methoxy groups -OCH3 is 2. The number of nitrogens with zero attached hydrogens (tertiary/aromatic N) is 3. The van der Waals surface area contributed by atoms with E-state index < -0.39 is 0 Å². The number of rotatable bonds is 7. The summed E-state index contributed by atoms with van der Waals surface area (Å²) >= 11 is 0. The molecule has 0 bridgehead atoms. The largest absolute Gasteiger partial charge is 0.497 e. The molecule has 0 aliphatic heterocycles. The molecule has 2 aromatic heterocycles. The van der Waals surface area contributed by atoms with Crippen molar-refractivity contribution in [3.8, 4) is 28.4 Å². The molecule has 0 aliphatic rings. The van der Waals surface area contributed by atoms with E-state index in [-0.39, 0.29) is 11.9 Å². The highest BCUT2D eigenvalue weighted by molar-refractivity contribution is 6.00. The van der Waals surface area contributed by atoms with Gasteiger partial charge >= 0.3 is 0 Å². The first kappa shape index (κ1) is 21.1. The van der Waals surface area contributed by atoms with Crippen LogP contribution in [0.1, 0.15) is 29.0 Å². The third-order valence-corrected chi connectivity index (χ3v) is 5.12. The van der Waals surface area contributed by atoms with E-state index in [2.05, 4.69) is 10.3 Å². The molecule has 4 aromatic rings. The van der Waals surface area contributed by atoms with E-state index >= 15 is 0 Å². The quantitative estimate of drug-likeness (QED) is 0.471. The average Bonchev–Trinajstić information content (AvgIpc) is 3.30. The minimum absolute atomic E-state index is 0.252. The Kier molecular flexibility index (Phi) is 6.17. The van der Waals surface area contributed by atoms with Gasteiger partial charge in [-0.1, -0.05) is 24.3 Å². The fourth-order valence-corrected chi connectivity index (χ4v) is 3.43. The van der Waals surface area contributed by atoms with Crippen molar-refractivity contribution in [3.63, 3.8) is 0 Å². The number of hydrogen-bond donors (Lipinski definition) is 1. The lowest BCUT2D eigenvalue weighted by Gasteiger charge is -2.14. The van der Waals surface area contributed by atoms with Crippen molar-refractivity contribution in [3.05, 3.63) is 90.4 Å². The summed E-state index contributed by atoms with van der Waals surface area (Å²) in [6.07, 6.45) is 3.44. The van der Waals surface area contributed by atoms with Crippen LogP contribution in [0.3, 0.4) is 0 Å². The maximum absolute atomic E-state index is 13.3. The number of nitrogens with one attached hydrogen (secondary N) is 1. The number of para-hydroxylation sites is 1. The van der Waals surface area contributed by atoms with Gasteiger partial charge in [-0.25, -0.2) is 4.68 Å². The van der Waals surface area contributed by atoms with Gasteiger partial charge in [0.15, 0.2) is 0 Å². The summed E-state index contributed by atoms with van der Waals surface area (Å²) in [5.41, 5.74) is 3.26. The summed E-state index contributed by atoms with van der Waals surface area (Å²) in [5.74, 6) is 0.968. The molecule has 1 N–H and O–H groups in total. The summed E-state index contributed by atoms with van der Waals surface area (Å²) in [6, 6.07) is 20.4. The van der Waals surface area contributed by atoms with Crippen LogP contribution in [0.15, 0.2) is 79.1 Å². The molecule has 2 heterocycles. The van der Waals surface area contributed by atoms with E-state index in [1.165, 1.54) is 0 Å². The maximum atomic E-state index is 13.3. The maximum Gasteiger partial charge on any atom is 0.255 e. The number of hydrogen-bond acceptors (Lipinski definition) is 5. The van der Waals surface area contributed by atoms with Crippen LogP contribution in [0, 0.1) is 0 Å². The van der Waals surface area contributed by atoms with Gasteiger partial charge in [0.1, 0.15) is 17.2 Å². The molecular formula is C25H24N4O3. The van der Waals surface area contributed by atoms with Gasteiger partial charge in [0.25, 0.3) is 5.91 Å². The number of carbonyl (C=O) groups excluding carboxylic acids is 1. The van der Waals surface area contributed by atoms with E-state index in [4.69, 9.17) is 14.6 Å². The summed E-state index contributed by atoms with van der Waals surface area (Å²) in [7, 11) is 3.17. The van der Waals surface area contributed by atoms with E-state index in [1.54, 1.807) is 37.4 Å². The van der Waals surface area contributed by atoms with Crippen molar-refractivity contribution in [2.75, 3.05) is 14.2 Å². The van der Waals surface area contributed by atoms with Crippen LogP contribution >= 0.6 is 0 Å². The predicted molar refractivity (Wildman–Crippen MR) is 122 cm³/mol. The molecule has 2 aromatic carbocycles. The SMILES string of the molecule is COc1ccc(-c2nn(-c3ccccc3)cc2C(=O)NC(C)c2ccccn2)c(OC)c1. The molecule has 7 nitrogen and oxygen atoms in total. The molecule has 1 atom stereocenters. The fourth-order valence-electron chi connectivity index (χ4n) is 3.43. The van der Waals surface area contributed by atoms with Gasteiger partial charge in [-0.15, -0.1) is 0 Å². The number of aromatic nitrogens is 3. The predicted octanol–water partition coefficient (Wildman–Crippen LogP) is 4.44. The fraction of sp³-hybridized carbons (Fsp3) is 0.160. The highest BCUT2D eigenvalue weighted by Crippen LogP contribution is 2.35. The zero-order valence-electron chi connectivity index (χ0n) is 18.1. The molecule has 0 radical (unpaired) electrons.